The highest BCUT2D eigenvalue weighted by molar-refractivity contribution is 5.45. The van der Waals surface area contributed by atoms with E-state index in [1.54, 1.807) is 7.11 Å². The van der Waals surface area contributed by atoms with E-state index < -0.39 is 5.60 Å². The van der Waals surface area contributed by atoms with E-state index in [1.165, 1.54) is 24.0 Å². The number of benzene rings is 1. The van der Waals surface area contributed by atoms with E-state index in [2.05, 4.69) is 43.9 Å². The predicted molar refractivity (Wildman–Crippen MR) is 99.7 cm³/mol. The minimum absolute atomic E-state index is 0.0377. The van der Waals surface area contributed by atoms with Crippen LogP contribution in [-0.2, 0) is 6.42 Å². The molecule has 6 atom stereocenters. The van der Waals surface area contributed by atoms with Gasteiger partial charge in [0.1, 0.15) is 5.75 Å². The molecule has 2 saturated carbocycles. The summed E-state index contributed by atoms with van der Waals surface area (Å²) < 4.78 is 5.44. The Bertz CT molecular complexity index is 780. The van der Waals surface area contributed by atoms with Gasteiger partial charge in [0.25, 0.3) is 0 Å². The number of hydrogen-bond donors (Lipinski definition) is 1. The third-order valence-corrected chi connectivity index (χ3v) is 8.53. The number of hydrogen-bond acceptors (Lipinski definition) is 2. The summed E-state index contributed by atoms with van der Waals surface area (Å²) in [6, 6.07) is 6.66. The van der Waals surface area contributed by atoms with Crippen LogP contribution >= 0.6 is 0 Å². The third kappa shape index (κ3) is 1.61. The Balaban J connectivity index is 1.61. The molecule has 0 saturated heterocycles. The molecule has 0 unspecified atom stereocenters. The molecule has 1 aromatic carbocycles. The highest BCUT2D eigenvalue weighted by Crippen LogP contribution is 2.76. The average Bonchev–Trinajstić information content (AvgIpc) is 2.99. The zero-order chi connectivity index (χ0) is 17.4. The van der Waals surface area contributed by atoms with Crippen molar-refractivity contribution in [3.8, 4) is 5.75 Å². The maximum absolute atomic E-state index is 11.5. The number of aryl methyl sites for hydroxylation is 1. The fraction of sp³-hybridized carbons (Fsp3) is 0.565. The fourth-order valence-electron chi connectivity index (χ4n) is 7.18. The lowest BCUT2D eigenvalue weighted by molar-refractivity contribution is -0.0933. The van der Waals surface area contributed by atoms with Crippen molar-refractivity contribution in [2.75, 3.05) is 7.11 Å². The summed E-state index contributed by atoms with van der Waals surface area (Å²) in [6.07, 6.45) is 12.2. The molecule has 2 fully saturated rings. The molecule has 0 aliphatic heterocycles. The van der Waals surface area contributed by atoms with Crippen LogP contribution in [0.1, 0.15) is 49.7 Å². The normalized spacial score (nSPS) is 46.3. The first kappa shape index (κ1) is 15.7. The van der Waals surface area contributed by atoms with Gasteiger partial charge in [-0.2, -0.15) is 0 Å². The van der Waals surface area contributed by atoms with Crippen LogP contribution in [0.3, 0.4) is 0 Å². The molecule has 2 nitrogen and oxygen atoms in total. The van der Waals surface area contributed by atoms with Gasteiger partial charge in [-0.05, 0) is 67.2 Å². The van der Waals surface area contributed by atoms with E-state index >= 15 is 0 Å². The highest BCUT2D eigenvalue weighted by atomic mass is 16.5. The SMILES string of the molecule is C=C[C@@H]1C[C@]23C=C[C@@]1(O)[C@@]2(C)CC[C@@H]1c2ccc(OC)cc2CC[C@H]13. The molecule has 25 heavy (non-hydrogen) atoms. The van der Waals surface area contributed by atoms with Crippen molar-refractivity contribution in [2.24, 2.45) is 22.7 Å². The fourth-order valence-corrected chi connectivity index (χ4v) is 7.18. The van der Waals surface area contributed by atoms with Gasteiger partial charge in [0.15, 0.2) is 0 Å². The van der Waals surface area contributed by atoms with Gasteiger partial charge in [0, 0.05) is 16.7 Å². The van der Waals surface area contributed by atoms with Crippen LogP contribution in [0.2, 0.25) is 0 Å². The molecule has 2 heteroatoms. The molecule has 4 aliphatic carbocycles. The second-order valence-electron chi connectivity index (χ2n) is 8.93. The van der Waals surface area contributed by atoms with Gasteiger partial charge in [-0.1, -0.05) is 31.2 Å². The van der Waals surface area contributed by atoms with Crippen LogP contribution in [0.4, 0.5) is 0 Å². The second kappa shape index (κ2) is 4.79. The van der Waals surface area contributed by atoms with Gasteiger partial charge in [-0.25, -0.2) is 0 Å². The maximum atomic E-state index is 11.5. The Morgan fingerprint density at radius 2 is 2.12 bits per heavy atom. The van der Waals surface area contributed by atoms with E-state index in [-0.39, 0.29) is 16.7 Å². The molecule has 1 aromatic rings. The maximum Gasteiger partial charge on any atom is 0.119 e. The van der Waals surface area contributed by atoms with Crippen LogP contribution in [0.25, 0.3) is 0 Å². The molecule has 0 heterocycles. The lowest BCUT2D eigenvalue weighted by Gasteiger charge is -2.56. The number of ether oxygens (including phenoxy) is 1. The zero-order valence-electron chi connectivity index (χ0n) is 15.3. The van der Waals surface area contributed by atoms with E-state index in [1.807, 2.05) is 6.08 Å². The van der Waals surface area contributed by atoms with Crippen molar-refractivity contribution >= 4 is 0 Å². The van der Waals surface area contributed by atoms with E-state index in [0.29, 0.717) is 11.8 Å². The van der Waals surface area contributed by atoms with Crippen LogP contribution < -0.4 is 4.74 Å². The third-order valence-electron chi connectivity index (χ3n) is 8.53. The summed E-state index contributed by atoms with van der Waals surface area (Å²) in [6.45, 7) is 6.39. The highest BCUT2D eigenvalue weighted by Gasteiger charge is 2.73. The predicted octanol–water partition coefficient (Wildman–Crippen LogP) is 4.63. The lowest BCUT2D eigenvalue weighted by atomic mass is 9.48. The molecule has 0 radical (unpaired) electrons. The van der Waals surface area contributed by atoms with Crippen molar-refractivity contribution in [1.82, 2.24) is 0 Å². The number of methoxy groups -OCH3 is 1. The first-order valence-electron chi connectivity index (χ1n) is 9.71. The quantitative estimate of drug-likeness (QED) is 0.798. The number of rotatable bonds is 2. The summed E-state index contributed by atoms with van der Waals surface area (Å²) >= 11 is 0. The Hall–Kier alpha value is -1.54. The van der Waals surface area contributed by atoms with Crippen molar-refractivity contribution in [3.05, 3.63) is 54.1 Å². The van der Waals surface area contributed by atoms with Crippen LogP contribution in [0.5, 0.6) is 5.75 Å². The van der Waals surface area contributed by atoms with E-state index in [9.17, 15) is 5.11 Å². The summed E-state index contributed by atoms with van der Waals surface area (Å²) in [5.74, 6) is 2.40. The summed E-state index contributed by atoms with van der Waals surface area (Å²) in [5.41, 5.74) is 2.39. The molecule has 0 spiro atoms. The van der Waals surface area contributed by atoms with Gasteiger partial charge in [0.2, 0.25) is 0 Å². The largest absolute Gasteiger partial charge is 0.497 e. The molecule has 1 N–H and O–H groups in total. The molecule has 5 rings (SSSR count). The lowest BCUT2D eigenvalue weighted by Crippen LogP contribution is -2.53. The van der Waals surface area contributed by atoms with Gasteiger partial charge in [-0.3, -0.25) is 0 Å². The Labute approximate surface area is 150 Å². The van der Waals surface area contributed by atoms with Gasteiger partial charge in [0.05, 0.1) is 12.7 Å². The molecule has 2 bridgehead atoms. The van der Waals surface area contributed by atoms with Crippen molar-refractivity contribution in [1.29, 1.82) is 0 Å². The summed E-state index contributed by atoms with van der Waals surface area (Å²) in [5, 5.41) is 11.5. The van der Waals surface area contributed by atoms with E-state index in [4.69, 9.17) is 4.74 Å². The molecular weight excluding hydrogens is 308 g/mol. The minimum Gasteiger partial charge on any atom is -0.497 e. The molecule has 4 aliphatic rings. The molecule has 0 amide bonds. The topological polar surface area (TPSA) is 29.5 Å². The number of allylic oxidation sites excluding steroid dienone is 1. The van der Waals surface area contributed by atoms with Crippen LogP contribution in [0.15, 0.2) is 43.0 Å². The van der Waals surface area contributed by atoms with Gasteiger partial charge in [-0.15, -0.1) is 6.58 Å². The summed E-state index contributed by atoms with van der Waals surface area (Å²) in [4.78, 5) is 0. The molecule has 0 aromatic heterocycles. The van der Waals surface area contributed by atoms with Crippen molar-refractivity contribution in [3.63, 3.8) is 0 Å². The van der Waals surface area contributed by atoms with Crippen molar-refractivity contribution < 1.29 is 9.84 Å². The number of aliphatic hydroxyl groups is 1. The van der Waals surface area contributed by atoms with Gasteiger partial charge < -0.3 is 9.84 Å². The zero-order valence-corrected chi connectivity index (χ0v) is 15.3. The first-order chi connectivity index (χ1) is 12.0. The minimum atomic E-state index is -0.695. The number of fused-ring (bicyclic) bond motifs is 3. The van der Waals surface area contributed by atoms with Crippen LogP contribution in [0, 0.1) is 22.7 Å². The smallest absolute Gasteiger partial charge is 0.119 e. The Kier molecular flexibility index (Phi) is 3.01. The Morgan fingerprint density at radius 1 is 1.28 bits per heavy atom. The standard InChI is InChI=1S/C23H28O2/c1-4-16-14-22-11-12-23(16,24)21(22,2)10-9-19-18-7-6-17(25-3)13-15(18)5-8-20(19)22/h4,6-7,11-13,16,19-20,24H,1,5,8-10,14H2,2-3H3/t16-,19-,20-,21+,22+,23+/m1/s1. The van der Waals surface area contributed by atoms with E-state index in [0.717, 1.165) is 25.0 Å². The molecular formula is C23H28O2. The molecule has 132 valence electrons. The average molecular weight is 336 g/mol. The van der Waals surface area contributed by atoms with Crippen LogP contribution in [-0.4, -0.2) is 17.8 Å². The second-order valence-corrected chi connectivity index (χ2v) is 8.93. The first-order valence-corrected chi connectivity index (χ1v) is 9.71. The van der Waals surface area contributed by atoms with Gasteiger partial charge >= 0.3 is 0 Å². The summed E-state index contributed by atoms with van der Waals surface area (Å²) in [7, 11) is 1.75. The Morgan fingerprint density at radius 3 is 2.88 bits per heavy atom. The van der Waals surface area contributed by atoms with Crippen molar-refractivity contribution in [2.45, 2.75) is 50.5 Å². The monoisotopic (exact) mass is 336 g/mol.